The van der Waals surface area contributed by atoms with Crippen molar-refractivity contribution in [1.29, 1.82) is 0 Å². The highest BCUT2D eigenvalue weighted by molar-refractivity contribution is 7.14. The number of thiazole rings is 1. The summed E-state index contributed by atoms with van der Waals surface area (Å²) >= 11 is 3.12. The van der Waals surface area contributed by atoms with Crippen molar-refractivity contribution >= 4 is 44.6 Å². The number of nitrogens with zero attached hydrogens (tertiary/aromatic N) is 1. The SMILES string of the molecule is Cc1[nH]c2ccccc2c1-c1csc(NC(=O)CCc2ccsc2)n1. The van der Waals surface area contributed by atoms with Crippen molar-refractivity contribution in [3.63, 3.8) is 0 Å². The second-order valence-corrected chi connectivity index (χ2v) is 7.53. The van der Waals surface area contributed by atoms with Crippen molar-refractivity contribution in [1.82, 2.24) is 9.97 Å². The van der Waals surface area contributed by atoms with Crippen molar-refractivity contribution in [3.05, 3.63) is 57.7 Å². The van der Waals surface area contributed by atoms with Gasteiger partial charge in [0.1, 0.15) is 0 Å². The van der Waals surface area contributed by atoms with Gasteiger partial charge in [0.2, 0.25) is 5.91 Å². The third-order valence-corrected chi connectivity index (χ3v) is 5.61. The Morgan fingerprint density at radius 1 is 1.24 bits per heavy atom. The van der Waals surface area contributed by atoms with Crippen molar-refractivity contribution in [2.75, 3.05) is 5.32 Å². The number of carbonyl (C=O) groups is 1. The number of carbonyl (C=O) groups excluding carboxylic acids is 1. The first-order chi connectivity index (χ1) is 12.2. The normalized spacial score (nSPS) is 11.1. The fourth-order valence-electron chi connectivity index (χ4n) is 2.93. The largest absolute Gasteiger partial charge is 0.358 e. The molecule has 126 valence electrons. The third kappa shape index (κ3) is 3.36. The number of benzene rings is 1. The summed E-state index contributed by atoms with van der Waals surface area (Å²) in [5, 5.41) is 10.8. The lowest BCUT2D eigenvalue weighted by Crippen LogP contribution is -2.11. The topological polar surface area (TPSA) is 57.8 Å². The van der Waals surface area contributed by atoms with Gasteiger partial charge in [-0.05, 0) is 41.8 Å². The second-order valence-electron chi connectivity index (χ2n) is 5.89. The van der Waals surface area contributed by atoms with Crippen molar-refractivity contribution in [3.8, 4) is 11.3 Å². The number of rotatable bonds is 5. The first kappa shape index (κ1) is 16.1. The molecular weight excluding hydrogens is 350 g/mol. The summed E-state index contributed by atoms with van der Waals surface area (Å²) in [6.45, 7) is 2.05. The minimum absolute atomic E-state index is 0.00255. The molecule has 0 aliphatic heterocycles. The van der Waals surface area contributed by atoms with Crippen LogP contribution in [0.15, 0.2) is 46.5 Å². The molecule has 1 aromatic carbocycles. The number of para-hydroxylation sites is 1. The first-order valence-electron chi connectivity index (χ1n) is 8.05. The fraction of sp³-hybridized carbons (Fsp3) is 0.158. The third-order valence-electron chi connectivity index (χ3n) is 4.12. The number of thiophene rings is 1. The van der Waals surface area contributed by atoms with E-state index in [1.165, 1.54) is 16.9 Å². The summed E-state index contributed by atoms with van der Waals surface area (Å²) in [5.41, 5.74) is 5.39. The molecule has 0 saturated heterocycles. The van der Waals surface area contributed by atoms with E-state index in [0.717, 1.165) is 34.3 Å². The van der Waals surface area contributed by atoms with E-state index in [4.69, 9.17) is 0 Å². The molecule has 0 aliphatic carbocycles. The van der Waals surface area contributed by atoms with Crippen LogP contribution in [-0.2, 0) is 11.2 Å². The quantitative estimate of drug-likeness (QED) is 0.507. The Hall–Kier alpha value is -2.44. The number of hydrogen-bond acceptors (Lipinski definition) is 4. The molecule has 0 atom stereocenters. The van der Waals surface area contributed by atoms with E-state index in [1.54, 1.807) is 11.3 Å². The molecule has 4 rings (SSSR count). The van der Waals surface area contributed by atoms with Gasteiger partial charge in [0.05, 0.1) is 5.69 Å². The second kappa shape index (κ2) is 6.82. The van der Waals surface area contributed by atoms with Crippen LogP contribution < -0.4 is 5.32 Å². The highest BCUT2D eigenvalue weighted by Gasteiger charge is 2.14. The monoisotopic (exact) mass is 367 g/mol. The van der Waals surface area contributed by atoms with E-state index >= 15 is 0 Å². The van der Waals surface area contributed by atoms with Crippen molar-refractivity contribution in [2.24, 2.45) is 0 Å². The zero-order valence-corrected chi connectivity index (χ0v) is 15.3. The van der Waals surface area contributed by atoms with Gasteiger partial charge in [-0.3, -0.25) is 4.79 Å². The van der Waals surface area contributed by atoms with Crippen LogP contribution in [0.25, 0.3) is 22.2 Å². The Morgan fingerprint density at radius 2 is 2.12 bits per heavy atom. The van der Waals surface area contributed by atoms with E-state index < -0.39 is 0 Å². The van der Waals surface area contributed by atoms with Crippen LogP contribution in [0, 0.1) is 6.92 Å². The van der Waals surface area contributed by atoms with Crippen LogP contribution in [0.3, 0.4) is 0 Å². The van der Waals surface area contributed by atoms with Crippen molar-refractivity contribution in [2.45, 2.75) is 19.8 Å². The Bertz CT molecular complexity index is 1010. The Labute approximate surface area is 153 Å². The molecule has 0 saturated carbocycles. The molecule has 4 aromatic rings. The van der Waals surface area contributed by atoms with Gasteiger partial charge in [-0.2, -0.15) is 11.3 Å². The summed E-state index contributed by atoms with van der Waals surface area (Å²) in [7, 11) is 0. The average molecular weight is 367 g/mol. The predicted molar refractivity (Wildman–Crippen MR) is 105 cm³/mol. The molecule has 0 spiro atoms. The summed E-state index contributed by atoms with van der Waals surface area (Å²) < 4.78 is 0. The van der Waals surface area contributed by atoms with Crippen LogP contribution in [-0.4, -0.2) is 15.9 Å². The van der Waals surface area contributed by atoms with Gasteiger partial charge < -0.3 is 10.3 Å². The minimum atomic E-state index is 0.00255. The zero-order valence-electron chi connectivity index (χ0n) is 13.7. The summed E-state index contributed by atoms with van der Waals surface area (Å²) in [6.07, 6.45) is 1.23. The van der Waals surface area contributed by atoms with E-state index in [2.05, 4.69) is 38.9 Å². The molecule has 3 aromatic heterocycles. The van der Waals surface area contributed by atoms with Crippen LogP contribution >= 0.6 is 22.7 Å². The number of anilines is 1. The summed E-state index contributed by atoms with van der Waals surface area (Å²) in [4.78, 5) is 20.1. The molecule has 4 nitrogen and oxygen atoms in total. The molecule has 6 heteroatoms. The number of aryl methyl sites for hydroxylation is 2. The first-order valence-corrected chi connectivity index (χ1v) is 9.87. The van der Waals surface area contributed by atoms with Gasteiger partial charge in [0, 0.05) is 34.0 Å². The van der Waals surface area contributed by atoms with Gasteiger partial charge in [0.25, 0.3) is 0 Å². The number of amides is 1. The number of nitrogens with one attached hydrogen (secondary N) is 2. The molecule has 0 aliphatic rings. The lowest BCUT2D eigenvalue weighted by molar-refractivity contribution is -0.116. The maximum Gasteiger partial charge on any atom is 0.226 e. The van der Waals surface area contributed by atoms with Gasteiger partial charge >= 0.3 is 0 Å². The van der Waals surface area contributed by atoms with E-state index in [-0.39, 0.29) is 5.91 Å². The number of hydrogen-bond donors (Lipinski definition) is 2. The Morgan fingerprint density at radius 3 is 2.96 bits per heavy atom. The summed E-state index contributed by atoms with van der Waals surface area (Å²) in [6, 6.07) is 10.2. The van der Waals surface area contributed by atoms with Crippen LogP contribution in [0.4, 0.5) is 5.13 Å². The van der Waals surface area contributed by atoms with E-state index in [1.807, 2.05) is 29.8 Å². The van der Waals surface area contributed by atoms with E-state index in [9.17, 15) is 4.79 Å². The van der Waals surface area contributed by atoms with Crippen LogP contribution in [0.2, 0.25) is 0 Å². The maximum atomic E-state index is 12.1. The zero-order chi connectivity index (χ0) is 17.2. The molecule has 25 heavy (non-hydrogen) atoms. The predicted octanol–water partition coefficient (Wildman–Crippen LogP) is 5.23. The number of fused-ring (bicyclic) bond motifs is 1. The molecule has 0 unspecified atom stereocenters. The molecule has 3 heterocycles. The number of H-pyrrole nitrogens is 1. The van der Waals surface area contributed by atoms with Gasteiger partial charge in [-0.1, -0.05) is 18.2 Å². The highest BCUT2D eigenvalue weighted by Crippen LogP contribution is 2.33. The molecular formula is C19H17N3OS2. The smallest absolute Gasteiger partial charge is 0.226 e. The molecule has 1 amide bonds. The van der Waals surface area contributed by atoms with Gasteiger partial charge in [-0.15, -0.1) is 11.3 Å². The molecule has 0 bridgehead atoms. The lowest BCUT2D eigenvalue weighted by Gasteiger charge is -2.01. The lowest BCUT2D eigenvalue weighted by atomic mass is 10.1. The molecule has 0 radical (unpaired) electrons. The van der Waals surface area contributed by atoms with Gasteiger partial charge in [-0.25, -0.2) is 4.98 Å². The number of aromatic nitrogens is 2. The maximum absolute atomic E-state index is 12.1. The standard InChI is InChI=1S/C19H17N3OS2/c1-12-18(14-4-2-3-5-15(14)20-12)16-11-25-19(21-16)22-17(23)7-6-13-8-9-24-10-13/h2-5,8-11,20H,6-7H2,1H3,(H,21,22,23). The summed E-state index contributed by atoms with van der Waals surface area (Å²) in [5.74, 6) is 0.00255. The highest BCUT2D eigenvalue weighted by atomic mass is 32.1. The van der Waals surface area contributed by atoms with Crippen LogP contribution in [0.1, 0.15) is 17.7 Å². The fourth-order valence-corrected chi connectivity index (χ4v) is 4.35. The Kier molecular flexibility index (Phi) is 4.38. The van der Waals surface area contributed by atoms with E-state index in [0.29, 0.717) is 11.6 Å². The average Bonchev–Trinajstić information content (AvgIpc) is 3.32. The Balaban J connectivity index is 1.50. The molecule has 2 N–H and O–H groups in total. The van der Waals surface area contributed by atoms with Crippen molar-refractivity contribution < 1.29 is 4.79 Å². The van der Waals surface area contributed by atoms with Crippen LogP contribution in [0.5, 0.6) is 0 Å². The number of aromatic amines is 1. The van der Waals surface area contributed by atoms with Gasteiger partial charge in [0.15, 0.2) is 5.13 Å². The minimum Gasteiger partial charge on any atom is -0.358 e. The molecule has 0 fully saturated rings.